The molecular formula is C11H16BrN5O. The molecule has 1 aromatic heterocycles. The van der Waals surface area contributed by atoms with Gasteiger partial charge in [-0.15, -0.1) is 0 Å². The van der Waals surface area contributed by atoms with Crippen molar-refractivity contribution in [3.05, 3.63) is 10.8 Å². The van der Waals surface area contributed by atoms with E-state index in [0.29, 0.717) is 29.1 Å². The zero-order chi connectivity index (χ0) is 13.0. The summed E-state index contributed by atoms with van der Waals surface area (Å²) in [5.74, 6) is 1.20. The van der Waals surface area contributed by atoms with Crippen LogP contribution in [0.4, 0.5) is 11.6 Å². The molecule has 0 atom stereocenters. The van der Waals surface area contributed by atoms with E-state index in [0.717, 1.165) is 25.9 Å². The van der Waals surface area contributed by atoms with Gasteiger partial charge in [-0.25, -0.2) is 9.97 Å². The van der Waals surface area contributed by atoms with Crippen LogP contribution in [0.15, 0.2) is 10.8 Å². The number of nitrogens with zero attached hydrogens (tertiary/aromatic N) is 3. The standard InChI is InChI=1S/C11H16BrN5O/c12-9-10(13)15-7-16-11(9)14-4-3-8(18)17-5-1-2-6-17/h7H,1-6H2,(H3,13,14,15,16). The minimum absolute atomic E-state index is 0.193. The van der Waals surface area contributed by atoms with Crippen LogP contribution in [-0.4, -0.2) is 40.4 Å². The largest absolute Gasteiger partial charge is 0.383 e. The van der Waals surface area contributed by atoms with E-state index in [1.807, 2.05) is 4.90 Å². The van der Waals surface area contributed by atoms with E-state index < -0.39 is 0 Å². The number of nitrogens with one attached hydrogen (secondary N) is 1. The van der Waals surface area contributed by atoms with Crippen molar-refractivity contribution in [1.82, 2.24) is 14.9 Å². The second-order valence-electron chi connectivity index (χ2n) is 4.19. The number of carbonyl (C=O) groups is 1. The highest BCUT2D eigenvalue weighted by Crippen LogP contribution is 2.23. The summed E-state index contributed by atoms with van der Waals surface area (Å²) < 4.78 is 0.638. The van der Waals surface area contributed by atoms with Crippen LogP contribution in [0, 0.1) is 0 Å². The molecule has 0 saturated carbocycles. The molecule has 1 aromatic rings. The van der Waals surface area contributed by atoms with Crippen molar-refractivity contribution in [2.45, 2.75) is 19.3 Å². The number of hydrogen-bond donors (Lipinski definition) is 2. The summed E-state index contributed by atoms with van der Waals surface area (Å²) in [5.41, 5.74) is 5.64. The van der Waals surface area contributed by atoms with Crippen molar-refractivity contribution in [3.63, 3.8) is 0 Å². The van der Waals surface area contributed by atoms with Crippen LogP contribution in [0.5, 0.6) is 0 Å². The lowest BCUT2D eigenvalue weighted by Crippen LogP contribution is -2.29. The number of rotatable bonds is 4. The smallest absolute Gasteiger partial charge is 0.224 e. The molecule has 1 aliphatic heterocycles. The second kappa shape index (κ2) is 5.99. The van der Waals surface area contributed by atoms with E-state index in [1.165, 1.54) is 6.33 Å². The fourth-order valence-electron chi connectivity index (χ4n) is 1.92. The third-order valence-corrected chi connectivity index (χ3v) is 3.69. The fraction of sp³-hybridized carbons (Fsp3) is 0.545. The quantitative estimate of drug-likeness (QED) is 0.874. The monoisotopic (exact) mass is 313 g/mol. The lowest BCUT2D eigenvalue weighted by molar-refractivity contribution is -0.129. The molecule has 1 saturated heterocycles. The molecule has 0 aromatic carbocycles. The maximum atomic E-state index is 11.8. The first kappa shape index (κ1) is 13.1. The normalized spacial score (nSPS) is 14.8. The van der Waals surface area contributed by atoms with Gasteiger partial charge in [0.15, 0.2) is 0 Å². The van der Waals surface area contributed by atoms with Gasteiger partial charge in [0.2, 0.25) is 5.91 Å². The average Bonchev–Trinajstić information content (AvgIpc) is 2.88. The molecule has 2 heterocycles. The van der Waals surface area contributed by atoms with Crippen molar-refractivity contribution < 1.29 is 4.79 Å². The highest BCUT2D eigenvalue weighted by molar-refractivity contribution is 9.10. The van der Waals surface area contributed by atoms with Crippen molar-refractivity contribution in [3.8, 4) is 0 Å². The Morgan fingerprint density at radius 1 is 1.44 bits per heavy atom. The van der Waals surface area contributed by atoms with Gasteiger partial charge in [-0.3, -0.25) is 4.79 Å². The SMILES string of the molecule is Nc1ncnc(NCCC(=O)N2CCCC2)c1Br. The fourth-order valence-corrected chi connectivity index (χ4v) is 2.26. The summed E-state index contributed by atoms with van der Waals surface area (Å²) >= 11 is 3.31. The Bertz CT molecular complexity index is 433. The van der Waals surface area contributed by atoms with Gasteiger partial charge in [0, 0.05) is 26.1 Å². The van der Waals surface area contributed by atoms with Gasteiger partial charge < -0.3 is 16.0 Å². The molecule has 98 valence electrons. The number of nitrogen functional groups attached to an aromatic ring is 1. The van der Waals surface area contributed by atoms with Gasteiger partial charge in [-0.05, 0) is 28.8 Å². The molecule has 1 amide bonds. The number of anilines is 2. The Balaban J connectivity index is 1.81. The second-order valence-corrected chi connectivity index (χ2v) is 4.98. The number of amides is 1. The van der Waals surface area contributed by atoms with Gasteiger partial charge in [0.25, 0.3) is 0 Å². The summed E-state index contributed by atoms with van der Waals surface area (Å²) in [6.07, 6.45) is 4.10. The number of aromatic nitrogens is 2. The van der Waals surface area contributed by atoms with E-state index in [2.05, 4.69) is 31.2 Å². The maximum Gasteiger partial charge on any atom is 0.224 e. The van der Waals surface area contributed by atoms with Crippen molar-refractivity contribution >= 4 is 33.5 Å². The molecule has 2 rings (SSSR count). The van der Waals surface area contributed by atoms with Crippen LogP contribution in [-0.2, 0) is 4.79 Å². The summed E-state index contributed by atoms with van der Waals surface area (Å²) in [6, 6.07) is 0. The number of likely N-dealkylation sites (tertiary alicyclic amines) is 1. The Morgan fingerprint density at radius 2 is 2.17 bits per heavy atom. The Labute approximate surface area is 114 Å². The number of halogens is 1. The molecule has 7 heteroatoms. The summed E-state index contributed by atoms with van der Waals surface area (Å²) in [6.45, 7) is 2.33. The molecule has 0 bridgehead atoms. The first-order chi connectivity index (χ1) is 8.68. The maximum absolute atomic E-state index is 11.8. The summed E-state index contributed by atoms with van der Waals surface area (Å²) in [4.78, 5) is 21.6. The first-order valence-electron chi connectivity index (χ1n) is 5.96. The summed E-state index contributed by atoms with van der Waals surface area (Å²) in [7, 11) is 0. The highest BCUT2D eigenvalue weighted by atomic mass is 79.9. The Morgan fingerprint density at radius 3 is 2.89 bits per heavy atom. The zero-order valence-electron chi connectivity index (χ0n) is 10.0. The Kier molecular flexibility index (Phi) is 4.35. The van der Waals surface area contributed by atoms with Crippen LogP contribution in [0.25, 0.3) is 0 Å². The number of hydrogen-bond acceptors (Lipinski definition) is 5. The minimum Gasteiger partial charge on any atom is -0.383 e. The molecule has 3 N–H and O–H groups in total. The van der Waals surface area contributed by atoms with E-state index in [9.17, 15) is 4.79 Å². The zero-order valence-corrected chi connectivity index (χ0v) is 11.6. The summed E-state index contributed by atoms with van der Waals surface area (Å²) in [5, 5.41) is 3.08. The van der Waals surface area contributed by atoms with E-state index in [1.54, 1.807) is 0 Å². The third kappa shape index (κ3) is 3.10. The molecule has 0 aliphatic carbocycles. The third-order valence-electron chi connectivity index (χ3n) is 2.91. The van der Waals surface area contributed by atoms with E-state index >= 15 is 0 Å². The predicted octanol–water partition coefficient (Wildman–Crippen LogP) is 1.25. The molecule has 0 radical (unpaired) electrons. The number of carbonyl (C=O) groups excluding carboxylic acids is 1. The topological polar surface area (TPSA) is 84.1 Å². The van der Waals surface area contributed by atoms with Crippen molar-refractivity contribution in [1.29, 1.82) is 0 Å². The molecule has 0 unspecified atom stereocenters. The van der Waals surface area contributed by atoms with Gasteiger partial charge >= 0.3 is 0 Å². The van der Waals surface area contributed by atoms with Crippen LogP contribution in [0.1, 0.15) is 19.3 Å². The highest BCUT2D eigenvalue weighted by Gasteiger charge is 2.17. The van der Waals surface area contributed by atoms with Gasteiger partial charge in [0.05, 0.1) is 0 Å². The van der Waals surface area contributed by atoms with Crippen LogP contribution in [0.2, 0.25) is 0 Å². The van der Waals surface area contributed by atoms with Crippen LogP contribution < -0.4 is 11.1 Å². The molecule has 18 heavy (non-hydrogen) atoms. The van der Waals surface area contributed by atoms with E-state index in [4.69, 9.17) is 5.73 Å². The van der Waals surface area contributed by atoms with Gasteiger partial charge in [-0.2, -0.15) is 0 Å². The predicted molar refractivity (Wildman–Crippen MR) is 73.1 cm³/mol. The van der Waals surface area contributed by atoms with Gasteiger partial charge in [0.1, 0.15) is 22.4 Å². The van der Waals surface area contributed by atoms with Gasteiger partial charge in [-0.1, -0.05) is 0 Å². The average molecular weight is 314 g/mol. The minimum atomic E-state index is 0.193. The van der Waals surface area contributed by atoms with E-state index in [-0.39, 0.29) is 5.91 Å². The lowest BCUT2D eigenvalue weighted by Gasteiger charge is -2.15. The molecular weight excluding hydrogens is 298 g/mol. The number of nitrogens with two attached hydrogens (primary N) is 1. The van der Waals surface area contributed by atoms with Crippen molar-refractivity contribution in [2.24, 2.45) is 0 Å². The molecule has 1 aliphatic rings. The molecule has 0 spiro atoms. The Hall–Kier alpha value is -1.37. The first-order valence-corrected chi connectivity index (χ1v) is 6.75. The lowest BCUT2D eigenvalue weighted by atomic mass is 10.3. The van der Waals surface area contributed by atoms with Crippen molar-refractivity contribution in [2.75, 3.05) is 30.7 Å². The van der Waals surface area contributed by atoms with Crippen LogP contribution >= 0.6 is 15.9 Å². The molecule has 1 fully saturated rings. The van der Waals surface area contributed by atoms with Crippen LogP contribution in [0.3, 0.4) is 0 Å². The molecule has 6 nitrogen and oxygen atoms in total.